The van der Waals surface area contributed by atoms with Crippen molar-refractivity contribution in [3.8, 4) is 0 Å². The smallest absolute Gasteiger partial charge is 0.328 e. The van der Waals surface area contributed by atoms with E-state index in [0.717, 1.165) is 11.0 Å². The summed E-state index contributed by atoms with van der Waals surface area (Å²) < 4.78 is 0. The molecule has 0 saturated carbocycles. The van der Waals surface area contributed by atoms with Crippen LogP contribution < -0.4 is 0 Å². The van der Waals surface area contributed by atoms with Crippen LogP contribution in [0.3, 0.4) is 0 Å². The molecule has 0 bridgehead atoms. The number of imide groups is 1. The zero-order chi connectivity index (χ0) is 9.30. The lowest BCUT2D eigenvalue weighted by molar-refractivity contribution is -0.136. The van der Waals surface area contributed by atoms with E-state index in [1.165, 1.54) is 7.05 Å². The average Bonchev–Trinajstić information content (AvgIpc) is 2.17. The van der Waals surface area contributed by atoms with Gasteiger partial charge in [0.25, 0.3) is 5.91 Å². The van der Waals surface area contributed by atoms with E-state index in [2.05, 4.69) is 0 Å². The van der Waals surface area contributed by atoms with Gasteiger partial charge in [0.1, 0.15) is 0 Å². The lowest BCUT2D eigenvalue weighted by Gasteiger charge is -2.01. The highest BCUT2D eigenvalue weighted by Crippen LogP contribution is 2.15. The van der Waals surface area contributed by atoms with Crippen LogP contribution in [0.15, 0.2) is 11.6 Å². The zero-order valence-electron chi connectivity index (χ0n) is 6.40. The van der Waals surface area contributed by atoms with Crippen LogP contribution in [-0.4, -0.2) is 34.8 Å². The fourth-order valence-corrected chi connectivity index (χ4v) is 0.948. The van der Waals surface area contributed by atoms with Gasteiger partial charge >= 0.3 is 5.97 Å². The van der Waals surface area contributed by atoms with E-state index in [9.17, 15) is 14.4 Å². The van der Waals surface area contributed by atoms with Crippen molar-refractivity contribution in [2.24, 2.45) is 0 Å². The van der Waals surface area contributed by atoms with Gasteiger partial charge in [-0.15, -0.1) is 0 Å². The lowest BCUT2D eigenvalue weighted by Crippen LogP contribution is -2.23. The molecule has 12 heavy (non-hydrogen) atoms. The van der Waals surface area contributed by atoms with E-state index in [1.807, 2.05) is 0 Å². The number of carbonyl (C=O) groups is 3. The molecule has 0 spiro atoms. The maximum atomic E-state index is 11.0. The number of amides is 2. The highest BCUT2D eigenvalue weighted by molar-refractivity contribution is 6.14. The molecule has 1 N–H and O–H groups in total. The average molecular weight is 169 g/mol. The number of carbonyl (C=O) groups excluding carboxylic acids is 2. The Hall–Kier alpha value is -1.65. The fraction of sp³-hybridized carbons (Fsp3) is 0.286. The number of hydrogen-bond donors (Lipinski definition) is 1. The summed E-state index contributed by atoms with van der Waals surface area (Å²) in [6.45, 7) is 0. The first kappa shape index (κ1) is 8.45. The molecule has 1 aliphatic rings. The summed E-state index contributed by atoms with van der Waals surface area (Å²) in [6, 6.07) is 0. The standard InChI is InChI=1S/C7H7NO4/c1-8-5(9)2-4(7(8)12)3-6(10)11/h3H,2H2,1H3,(H,10,11)/b4-3+. The van der Waals surface area contributed by atoms with Crippen molar-refractivity contribution in [3.05, 3.63) is 11.6 Å². The SMILES string of the molecule is CN1C(=O)C/C(=C\C(=O)O)C1=O. The maximum Gasteiger partial charge on any atom is 0.328 e. The third-order valence-electron chi connectivity index (χ3n) is 1.59. The number of nitrogens with zero attached hydrogens (tertiary/aromatic N) is 1. The van der Waals surface area contributed by atoms with Crippen molar-refractivity contribution in [1.82, 2.24) is 4.90 Å². The second kappa shape index (κ2) is 2.77. The Balaban J connectivity index is 2.92. The van der Waals surface area contributed by atoms with Gasteiger partial charge in [0.2, 0.25) is 5.91 Å². The summed E-state index contributed by atoms with van der Waals surface area (Å²) in [6.07, 6.45) is 0.658. The van der Waals surface area contributed by atoms with Gasteiger partial charge in [-0.25, -0.2) is 4.79 Å². The third kappa shape index (κ3) is 1.34. The monoisotopic (exact) mass is 169 g/mol. The van der Waals surface area contributed by atoms with Gasteiger partial charge in [0.05, 0.1) is 6.42 Å². The maximum absolute atomic E-state index is 11.0. The Bertz CT molecular complexity index is 292. The molecule has 1 saturated heterocycles. The second-order valence-electron chi connectivity index (χ2n) is 2.44. The Labute approximate surface area is 68.3 Å². The molecule has 0 aromatic rings. The Morgan fingerprint density at radius 2 is 2.17 bits per heavy atom. The number of likely N-dealkylation sites (N-methyl/N-ethyl adjacent to an activating group) is 1. The molecule has 0 aromatic heterocycles. The van der Waals surface area contributed by atoms with Crippen LogP contribution in [0.5, 0.6) is 0 Å². The van der Waals surface area contributed by atoms with E-state index >= 15 is 0 Å². The minimum atomic E-state index is -1.21. The summed E-state index contributed by atoms with van der Waals surface area (Å²) >= 11 is 0. The van der Waals surface area contributed by atoms with Crippen molar-refractivity contribution in [3.63, 3.8) is 0 Å². The van der Waals surface area contributed by atoms with Gasteiger partial charge in [0.15, 0.2) is 0 Å². The molecule has 1 fully saturated rings. The first-order valence-electron chi connectivity index (χ1n) is 3.26. The van der Waals surface area contributed by atoms with Gasteiger partial charge in [-0.05, 0) is 0 Å². The zero-order valence-corrected chi connectivity index (χ0v) is 6.40. The summed E-state index contributed by atoms with van der Waals surface area (Å²) in [5.74, 6) is -2.10. The largest absolute Gasteiger partial charge is 0.478 e. The number of aliphatic carboxylic acids is 1. The number of hydrogen-bond acceptors (Lipinski definition) is 3. The number of carboxylic acid groups (broad SMARTS) is 1. The predicted octanol–water partition coefficient (Wildman–Crippen LogP) is -0.614. The molecule has 0 unspecified atom stereocenters. The van der Waals surface area contributed by atoms with Crippen molar-refractivity contribution in [2.75, 3.05) is 7.05 Å². The molecule has 0 atom stereocenters. The molecule has 0 aliphatic carbocycles. The van der Waals surface area contributed by atoms with Gasteiger partial charge in [0, 0.05) is 18.7 Å². The molecule has 1 aliphatic heterocycles. The van der Waals surface area contributed by atoms with Crippen LogP contribution in [0.25, 0.3) is 0 Å². The summed E-state index contributed by atoms with van der Waals surface area (Å²) in [7, 11) is 1.33. The third-order valence-corrected chi connectivity index (χ3v) is 1.59. The predicted molar refractivity (Wildman–Crippen MR) is 38.1 cm³/mol. The highest BCUT2D eigenvalue weighted by Gasteiger charge is 2.30. The van der Waals surface area contributed by atoms with Gasteiger partial charge in [-0.1, -0.05) is 0 Å². The molecule has 5 nitrogen and oxygen atoms in total. The van der Waals surface area contributed by atoms with E-state index in [-0.39, 0.29) is 17.9 Å². The normalized spacial score (nSPS) is 20.8. The second-order valence-corrected chi connectivity index (χ2v) is 2.44. The van der Waals surface area contributed by atoms with Crippen molar-refractivity contribution in [2.45, 2.75) is 6.42 Å². The Morgan fingerprint density at radius 1 is 1.58 bits per heavy atom. The summed E-state index contributed by atoms with van der Waals surface area (Å²) in [5, 5.41) is 8.31. The number of carboxylic acids is 1. The molecule has 0 aromatic carbocycles. The van der Waals surface area contributed by atoms with E-state index in [1.54, 1.807) is 0 Å². The van der Waals surface area contributed by atoms with Crippen LogP contribution >= 0.6 is 0 Å². The Kier molecular flexibility index (Phi) is 1.95. The van der Waals surface area contributed by atoms with Crippen molar-refractivity contribution < 1.29 is 19.5 Å². The molecule has 5 heteroatoms. The van der Waals surface area contributed by atoms with E-state index in [4.69, 9.17) is 5.11 Å². The Morgan fingerprint density at radius 3 is 2.50 bits per heavy atom. The van der Waals surface area contributed by atoms with Crippen LogP contribution in [0.2, 0.25) is 0 Å². The lowest BCUT2D eigenvalue weighted by atomic mass is 10.2. The fourth-order valence-electron chi connectivity index (χ4n) is 0.948. The van der Waals surface area contributed by atoms with E-state index in [0.29, 0.717) is 0 Å². The van der Waals surface area contributed by atoms with Crippen LogP contribution in [-0.2, 0) is 14.4 Å². The van der Waals surface area contributed by atoms with E-state index < -0.39 is 11.9 Å². The molecule has 0 radical (unpaired) electrons. The van der Waals surface area contributed by atoms with Crippen molar-refractivity contribution in [1.29, 1.82) is 0 Å². The minimum absolute atomic E-state index is 0.0370. The van der Waals surface area contributed by atoms with Gasteiger partial charge < -0.3 is 5.11 Å². The summed E-state index contributed by atoms with van der Waals surface area (Å²) in [5.41, 5.74) is 0.0370. The highest BCUT2D eigenvalue weighted by atomic mass is 16.4. The van der Waals surface area contributed by atoms with Crippen molar-refractivity contribution >= 4 is 17.8 Å². The summed E-state index contributed by atoms with van der Waals surface area (Å²) in [4.78, 5) is 32.9. The molecule has 1 heterocycles. The van der Waals surface area contributed by atoms with Gasteiger partial charge in [-0.3, -0.25) is 14.5 Å². The van der Waals surface area contributed by atoms with Crippen LogP contribution in [0.4, 0.5) is 0 Å². The number of likely N-dealkylation sites (tertiary alicyclic amines) is 1. The van der Waals surface area contributed by atoms with Crippen LogP contribution in [0.1, 0.15) is 6.42 Å². The first-order valence-corrected chi connectivity index (χ1v) is 3.26. The molecular weight excluding hydrogens is 162 g/mol. The van der Waals surface area contributed by atoms with Crippen LogP contribution in [0, 0.1) is 0 Å². The molecule has 1 rings (SSSR count). The first-order chi connectivity index (χ1) is 5.52. The molecular formula is C7H7NO4. The van der Waals surface area contributed by atoms with Gasteiger partial charge in [-0.2, -0.15) is 0 Å². The molecule has 2 amide bonds. The quantitative estimate of drug-likeness (QED) is 0.419. The topological polar surface area (TPSA) is 74.7 Å². The number of rotatable bonds is 1. The molecule has 64 valence electrons. The minimum Gasteiger partial charge on any atom is -0.478 e.